The summed E-state index contributed by atoms with van der Waals surface area (Å²) in [5.74, 6) is 0.370. The summed E-state index contributed by atoms with van der Waals surface area (Å²) in [7, 11) is 1.69. The highest BCUT2D eigenvalue weighted by atomic mass is 19.4. The van der Waals surface area contributed by atoms with Crippen molar-refractivity contribution in [2.24, 2.45) is 0 Å². The van der Waals surface area contributed by atoms with Gasteiger partial charge in [-0.1, -0.05) is 19.4 Å². The van der Waals surface area contributed by atoms with E-state index in [4.69, 9.17) is 0 Å². The average molecular weight is 366 g/mol. The zero-order valence-corrected chi connectivity index (χ0v) is 14.9. The van der Waals surface area contributed by atoms with Gasteiger partial charge in [-0.05, 0) is 31.5 Å². The standard InChI is InChI=1S/C18H21F3N4O/c1-4-5-9-25(3)17(26)15-11-16(23-12(2)22-15)24-14-8-6-7-13(10-14)18(19,20)21/h6-8,10-11H,4-5,9H2,1-3H3,(H,22,23,24). The lowest BCUT2D eigenvalue weighted by Gasteiger charge is -2.17. The molecule has 0 spiro atoms. The number of carbonyl (C=O) groups is 1. The summed E-state index contributed by atoms with van der Waals surface area (Å²) in [5, 5.41) is 2.81. The molecule has 2 aromatic rings. The summed E-state index contributed by atoms with van der Waals surface area (Å²) in [6.07, 6.45) is -2.59. The molecule has 26 heavy (non-hydrogen) atoms. The van der Waals surface area contributed by atoms with Crippen molar-refractivity contribution < 1.29 is 18.0 Å². The first-order valence-electron chi connectivity index (χ1n) is 8.26. The number of anilines is 2. The van der Waals surface area contributed by atoms with Gasteiger partial charge in [0.15, 0.2) is 0 Å². The molecule has 0 aliphatic heterocycles. The van der Waals surface area contributed by atoms with Crippen LogP contribution in [0.2, 0.25) is 0 Å². The number of carbonyl (C=O) groups excluding carboxylic acids is 1. The van der Waals surface area contributed by atoms with Gasteiger partial charge in [0, 0.05) is 25.3 Å². The number of alkyl halides is 3. The lowest BCUT2D eigenvalue weighted by Crippen LogP contribution is -2.28. The number of amides is 1. The van der Waals surface area contributed by atoms with Crippen LogP contribution in [0.1, 0.15) is 41.6 Å². The molecule has 1 heterocycles. The summed E-state index contributed by atoms with van der Waals surface area (Å²) >= 11 is 0. The van der Waals surface area contributed by atoms with E-state index in [1.54, 1.807) is 18.9 Å². The minimum atomic E-state index is -4.43. The quantitative estimate of drug-likeness (QED) is 0.822. The van der Waals surface area contributed by atoms with Crippen molar-refractivity contribution >= 4 is 17.4 Å². The van der Waals surface area contributed by atoms with Gasteiger partial charge in [-0.15, -0.1) is 0 Å². The highest BCUT2D eigenvalue weighted by Gasteiger charge is 2.30. The van der Waals surface area contributed by atoms with Gasteiger partial charge >= 0.3 is 6.18 Å². The van der Waals surface area contributed by atoms with Crippen LogP contribution in [0, 0.1) is 6.92 Å². The van der Waals surface area contributed by atoms with E-state index >= 15 is 0 Å². The predicted octanol–water partition coefficient (Wildman–Crippen LogP) is 4.42. The van der Waals surface area contributed by atoms with Crippen LogP contribution in [-0.2, 0) is 6.18 Å². The molecule has 1 aromatic carbocycles. The third-order valence-electron chi connectivity index (χ3n) is 3.71. The number of aromatic nitrogens is 2. The molecule has 8 heteroatoms. The van der Waals surface area contributed by atoms with Crippen LogP contribution in [0.15, 0.2) is 30.3 Å². The molecule has 2 rings (SSSR count). The number of aryl methyl sites for hydroxylation is 1. The lowest BCUT2D eigenvalue weighted by atomic mass is 10.2. The second-order valence-corrected chi connectivity index (χ2v) is 5.97. The second-order valence-electron chi connectivity index (χ2n) is 5.97. The van der Waals surface area contributed by atoms with Crippen LogP contribution in [0.3, 0.4) is 0 Å². The molecule has 1 N–H and O–H groups in total. The van der Waals surface area contributed by atoms with E-state index in [0.717, 1.165) is 25.0 Å². The number of unbranched alkanes of at least 4 members (excludes halogenated alkanes) is 1. The first kappa shape index (κ1) is 19.7. The zero-order chi connectivity index (χ0) is 19.3. The van der Waals surface area contributed by atoms with Crippen molar-refractivity contribution in [3.63, 3.8) is 0 Å². The molecule has 0 radical (unpaired) electrons. The Bertz CT molecular complexity index is 777. The van der Waals surface area contributed by atoms with Gasteiger partial charge in [0.2, 0.25) is 0 Å². The first-order chi connectivity index (χ1) is 12.2. The zero-order valence-electron chi connectivity index (χ0n) is 14.9. The predicted molar refractivity (Wildman–Crippen MR) is 93.4 cm³/mol. The Kier molecular flexibility index (Phi) is 6.18. The van der Waals surface area contributed by atoms with Crippen LogP contribution in [0.25, 0.3) is 0 Å². The number of rotatable bonds is 6. The van der Waals surface area contributed by atoms with Gasteiger partial charge in [0.1, 0.15) is 17.3 Å². The third-order valence-corrected chi connectivity index (χ3v) is 3.71. The topological polar surface area (TPSA) is 58.1 Å². The maximum atomic E-state index is 12.8. The molecule has 0 aliphatic carbocycles. The Balaban J connectivity index is 2.24. The molecule has 1 aromatic heterocycles. The Morgan fingerprint density at radius 3 is 2.62 bits per heavy atom. The van der Waals surface area contributed by atoms with Crippen LogP contribution < -0.4 is 5.32 Å². The Morgan fingerprint density at radius 2 is 1.96 bits per heavy atom. The van der Waals surface area contributed by atoms with Crippen molar-refractivity contribution in [3.8, 4) is 0 Å². The number of hydrogen-bond acceptors (Lipinski definition) is 4. The fourth-order valence-corrected chi connectivity index (χ4v) is 2.35. The van der Waals surface area contributed by atoms with E-state index in [1.807, 2.05) is 6.92 Å². The van der Waals surface area contributed by atoms with Crippen molar-refractivity contribution in [1.29, 1.82) is 0 Å². The molecular formula is C18H21F3N4O. The lowest BCUT2D eigenvalue weighted by molar-refractivity contribution is -0.137. The van der Waals surface area contributed by atoms with Crippen LogP contribution in [-0.4, -0.2) is 34.4 Å². The Morgan fingerprint density at radius 1 is 1.23 bits per heavy atom. The number of benzene rings is 1. The summed E-state index contributed by atoms with van der Waals surface area (Å²) in [6.45, 7) is 4.26. The van der Waals surface area contributed by atoms with E-state index in [1.165, 1.54) is 18.2 Å². The summed E-state index contributed by atoms with van der Waals surface area (Å²) in [5.41, 5.74) is -0.329. The molecule has 5 nitrogen and oxygen atoms in total. The molecule has 140 valence electrons. The molecule has 1 amide bonds. The first-order valence-corrected chi connectivity index (χ1v) is 8.26. The molecule has 0 bridgehead atoms. The van der Waals surface area contributed by atoms with Crippen molar-refractivity contribution in [3.05, 3.63) is 47.4 Å². The van der Waals surface area contributed by atoms with Gasteiger partial charge in [0.05, 0.1) is 5.56 Å². The molecule has 0 saturated carbocycles. The third kappa shape index (κ3) is 5.18. The summed E-state index contributed by atoms with van der Waals surface area (Å²) in [4.78, 5) is 22.3. The molecule has 0 unspecified atom stereocenters. The van der Waals surface area contributed by atoms with E-state index in [0.29, 0.717) is 12.4 Å². The number of nitrogens with zero attached hydrogens (tertiary/aromatic N) is 3. The fourth-order valence-electron chi connectivity index (χ4n) is 2.35. The maximum Gasteiger partial charge on any atom is 0.416 e. The van der Waals surface area contributed by atoms with Gasteiger partial charge in [-0.3, -0.25) is 4.79 Å². The largest absolute Gasteiger partial charge is 0.416 e. The van der Waals surface area contributed by atoms with Crippen molar-refractivity contribution in [2.45, 2.75) is 32.9 Å². The SMILES string of the molecule is CCCCN(C)C(=O)c1cc(Nc2cccc(C(F)(F)F)c2)nc(C)n1. The van der Waals surface area contributed by atoms with Crippen molar-refractivity contribution in [2.75, 3.05) is 18.9 Å². The minimum absolute atomic E-state index is 0.200. The molecule has 0 atom stereocenters. The summed E-state index contributed by atoms with van der Waals surface area (Å²) < 4.78 is 38.5. The van der Waals surface area contributed by atoms with Crippen LogP contribution in [0.5, 0.6) is 0 Å². The van der Waals surface area contributed by atoms with Crippen LogP contribution in [0.4, 0.5) is 24.7 Å². The minimum Gasteiger partial charge on any atom is -0.340 e. The second kappa shape index (κ2) is 8.16. The van der Waals surface area contributed by atoms with Crippen LogP contribution >= 0.6 is 0 Å². The maximum absolute atomic E-state index is 12.8. The highest BCUT2D eigenvalue weighted by Crippen LogP contribution is 2.31. The normalized spacial score (nSPS) is 11.3. The Hall–Kier alpha value is -2.64. The van der Waals surface area contributed by atoms with Gasteiger partial charge in [0.25, 0.3) is 5.91 Å². The monoisotopic (exact) mass is 366 g/mol. The van der Waals surface area contributed by atoms with E-state index in [-0.39, 0.29) is 23.1 Å². The smallest absolute Gasteiger partial charge is 0.340 e. The highest BCUT2D eigenvalue weighted by molar-refractivity contribution is 5.93. The number of halogens is 3. The Labute approximate surface area is 150 Å². The average Bonchev–Trinajstić information content (AvgIpc) is 2.58. The number of nitrogens with one attached hydrogen (secondary N) is 1. The van der Waals surface area contributed by atoms with E-state index < -0.39 is 11.7 Å². The summed E-state index contributed by atoms with van der Waals surface area (Å²) in [6, 6.07) is 6.24. The molecular weight excluding hydrogens is 345 g/mol. The van der Waals surface area contributed by atoms with Crippen molar-refractivity contribution in [1.82, 2.24) is 14.9 Å². The molecule has 0 fully saturated rings. The number of hydrogen-bond donors (Lipinski definition) is 1. The van der Waals surface area contributed by atoms with Gasteiger partial charge in [-0.25, -0.2) is 9.97 Å². The van der Waals surface area contributed by atoms with E-state index in [2.05, 4.69) is 15.3 Å². The van der Waals surface area contributed by atoms with Gasteiger partial charge < -0.3 is 10.2 Å². The van der Waals surface area contributed by atoms with E-state index in [9.17, 15) is 18.0 Å². The fraction of sp³-hybridized carbons (Fsp3) is 0.389. The molecule has 0 aliphatic rings. The molecule has 0 saturated heterocycles. The van der Waals surface area contributed by atoms with Gasteiger partial charge in [-0.2, -0.15) is 13.2 Å².